The maximum Gasteiger partial charge on any atom is 0.337 e. The van der Waals surface area contributed by atoms with Gasteiger partial charge in [-0.05, 0) is 41.3 Å². The number of carbonyl (C=O) groups is 1. The lowest BCUT2D eigenvalue weighted by atomic mass is 9.93. The van der Waals surface area contributed by atoms with Crippen LogP contribution in [0.1, 0.15) is 58.2 Å². The third kappa shape index (κ3) is 4.52. The summed E-state index contributed by atoms with van der Waals surface area (Å²) in [6.45, 7) is 2.14. The molecule has 5 heteroatoms. The largest absolute Gasteiger partial charge is 0.508 e. The number of aryl methyl sites for hydroxylation is 1. The van der Waals surface area contributed by atoms with Crippen molar-refractivity contribution >= 4 is 11.7 Å². The summed E-state index contributed by atoms with van der Waals surface area (Å²) < 4.78 is 4.79. The number of ether oxygens (including phenoxy) is 1. The summed E-state index contributed by atoms with van der Waals surface area (Å²) in [6.07, 6.45) is 1.36. The van der Waals surface area contributed by atoms with Crippen LogP contribution in [0.25, 0.3) is 0 Å². The molecule has 2 N–H and O–H groups in total. The van der Waals surface area contributed by atoms with Crippen LogP contribution in [0.5, 0.6) is 5.75 Å². The molecular weight excluding hydrogens is 388 g/mol. The van der Waals surface area contributed by atoms with E-state index >= 15 is 0 Å². The van der Waals surface area contributed by atoms with Gasteiger partial charge in [0.25, 0.3) is 0 Å². The number of rotatable bonds is 5. The second kappa shape index (κ2) is 9.14. The van der Waals surface area contributed by atoms with Crippen LogP contribution in [-0.2, 0) is 11.2 Å². The third-order valence-corrected chi connectivity index (χ3v) is 5.70. The monoisotopic (exact) mass is 414 g/mol. The number of nitrogens with one attached hydrogen (secondary N) is 1. The molecule has 3 aromatic rings. The molecule has 4 rings (SSSR count). The number of nitrogens with zero attached hydrogens (tertiary/aromatic N) is 1. The summed E-state index contributed by atoms with van der Waals surface area (Å²) in [5.74, 6) is -0.0992. The highest BCUT2D eigenvalue weighted by Crippen LogP contribution is 2.34. The van der Waals surface area contributed by atoms with Crippen LogP contribution < -0.4 is 5.32 Å². The zero-order valence-electron chi connectivity index (χ0n) is 17.7. The van der Waals surface area contributed by atoms with E-state index in [0.717, 1.165) is 28.8 Å². The number of benzene rings is 3. The molecule has 0 spiro atoms. The highest BCUT2D eigenvalue weighted by Gasteiger charge is 2.27. The maximum atomic E-state index is 11.8. The lowest BCUT2D eigenvalue weighted by molar-refractivity contribution is 0.0600. The van der Waals surface area contributed by atoms with E-state index in [0.29, 0.717) is 12.0 Å². The first-order chi connectivity index (χ1) is 15.1. The van der Waals surface area contributed by atoms with Crippen LogP contribution in [0, 0.1) is 0 Å². The fourth-order valence-electron chi connectivity index (χ4n) is 3.89. The van der Waals surface area contributed by atoms with E-state index in [1.165, 1.54) is 12.7 Å². The Bertz CT molecular complexity index is 1090. The molecule has 0 fully saturated rings. The van der Waals surface area contributed by atoms with Gasteiger partial charge in [-0.3, -0.25) is 10.3 Å². The van der Waals surface area contributed by atoms with Gasteiger partial charge >= 0.3 is 5.97 Å². The van der Waals surface area contributed by atoms with Crippen LogP contribution >= 0.6 is 0 Å². The van der Waals surface area contributed by atoms with E-state index in [1.807, 2.05) is 30.3 Å². The van der Waals surface area contributed by atoms with E-state index in [4.69, 9.17) is 9.73 Å². The number of methoxy groups -OCH3 is 1. The normalized spacial score (nSPS) is 18.3. The number of hydrogen-bond donors (Lipinski definition) is 2. The Morgan fingerprint density at radius 3 is 2.42 bits per heavy atom. The molecule has 1 heterocycles. The van der Waals surface area contributed by atoms with Crippen molar-refractivity contribution < 1.29 is 14.6 Å². The first-order valence-electron chi connectivity index (χ1n) is 10.5. The average molecular weight is 415 g/mol. The number of para-hydroxylation sites is 1. The number of aromatic hydroxyl groups is 1. The quantitative estimate of drug-likeness (QED) is 0.579. The van der Waals surface area contributed by atoms with Gasteiger partial charge in [-0.15, -0.1) is 0 Å². The first kappa shape index (κ1) is 20.8. The number of hydrogen-bond acceptors (Lipinski definition) is 5. The lowest BCUT2D eigenvalue weighted by Crippen LogP contribution is -2.33. The van der Waals surface area contributed by atoms with Gasteiger partial charge in [0.15, 0.2) is 0 Å². The third-order valence-electron chi connectivity index (χ3n) is 5.70. The van der Waals surface area contributed by atoms with E-state index in [-0.39, 0.29) is 23.9 Å². The maximum absolute atomic E-state index is 11.8. The molecule has 158 valence electrons. The van der Waals surface area contributed by atoms with Crippen molar-refractivity contribution in [1.82, 2.24) is 5.32 Å². The van der Waals surface area contributed by atoms with Crippen molar-refractivity contribution in [3.8, 4) is 5.75 Å². The molecule has 1 aliphatic heterocycles. The minimum absolute atomic E-state index is 0.0927. The van der Waals surface area contributed by atoms with Crippen molar-refractivity contribution in [2.45, 2.75) is 32.0 Å². The Kier molecular flexibility index (Phi) is 6.14. The van der Waals surface area contributed by atoms with E-state index in [1.54, 1.807) is 18.2 Å². The van der Waals surface area contributed by atoms with E-state index in [2.05, 4.69) is 36.5 Å². The van der Waals surface area contributed by atoms with Gasteiger partial charge in [0.2, 0.25) is 0 Å². The Morgan fingerprint density at radius 1 is 1.06 bits per heavy atom. The summed E-state index contributed by atoms with van der Waals surface area (Å²) in [4.78, 5) is 16.8. The number of carbonyl (C=O) groups excluding carboxylic acids is 1. The Morgan fingerprint density at radius 2 is 1.77 bits per heavy atom. The predicted octanol–water partition coefficient (Wildman–Crippen LogP) is 4.96. The molecule has 5 nitrogen and oxygen atoms in total. The fourth-order valence-corrected chi connectivity index (χ4v) is 3.89. The van der Waals surface area contributed by atoms with Crippen LogP contribution in [0.3, 0.4) is 0 Å². The van der Waals surface area contributed by atoms with Crippen molar-refractivity contribution in [2.75, 3.05) is 7.11 Å². The lowest BCUT2D eigenvalue weighted by Gasteiger charge is -2.31. The average Bonchev–Trinajstić information content (AvgIpc) is 2.83. The minimum atomic E-state index is -0.365. The van der Waals surface area contributed by atoms with Gasteiger partial charge in [-0.25, -0.2) is 4.79 Å². The SMILES string of the molecule is CCc1ccc(C2=N[C@H](c3ccc(C(=O)OC)cc3)N[C@@H](c3ccccc3O)C2)cc1. The van der Waals surface area contributed by atoms with Gasteiger partial charge < -0.3 is 9.84 Å². The summed E-state index contributed by atoms with van der Waals surface area (Å²) in [7, 11) is 1.37. The summed E-state index contributed by atoms with van der Waals surface area (Å²) in [5, 5.41) is 14.0. The highest BCUT2D eigenvalue weighted by atomic mass is 16.5. The molecule has 3 aromatic carbocycles. The number of aliphatic imine (C=N–C) groups is 1. The molecule has 31 heavy (non-hydrogen) atoms. The van der Waals surface area contributed by atoms with Gasteiger partial charge in [0.1, 0.15) is 11.9 Å². The molecular formula is C26H26N2O3. The Balaban J connectivity index is 1.71. The zero-order chi connectivity index (χ0) is 21.8. The predicted molar refractivity (Wildman–Crippen MR) is 121 cm³/mol. The molecule has 2 atom stereocenters. The molecule has 0 saturated heterocycles. The molecule has 0 radical (unpaired) electrons. The fraction of sp³-hybridized carbons (Fsp3) is 0.231. The highest BCUT2D eigenvalue weighted by molar-refractivity contribution is 6.01. The molecule has 0 saturated carbocycles. The zero-order valence-corrected chi connectivity index (χ0v) is 17.7. The van der Waals surface area contributed by atoms with Gasteiger partial charge in [-0.1, -0.05) is 61.5 Å². The van der Waals surface area contributed by atoms with Crippen LogP contribution in [0.15, 0.2) is 77.8 Å². The second-order valence-corrected chi connectivity index (χ2v) is 7.62. The van der Waals surface area contributed by atoms with E-state index in [9.17, 15) is 9.90 Å². The summed E-state index contributed by atoms with van der Waals surface area (Å²) >= 11 is 0. The van der Waals surface area contributed by atoms with Crippen molar-refractivity contribution in [3.05, 3.63) is 101 Å². The Labute approximate surface area is 182 Å². The standard InChI is InChI=1S/C26H26N2O3/c1-3-17-8-10-18(11-9-17)22-16-23(21-6-4-5-7-24(21)29)28-25(27-22)19-12-14-20(15-13-19)26(30)31-2/h4-15,23,25,28-29H,3,16H2,1-2H3/t23-,25+/m1/s1. The van der Waals surface area contributed by atoms with Gasteiger partial charge in [-0.2, -0.15) is 0 Å². The molecule has 0 amide bonds. The van der Waals surface area contributed by atoms with Gasteiger partial charge in [0, 0.05) is 23.7 Å². The first-order valence-corrected chi connectivity index (χ1v) is 10.5. The summed E-state index contributed by atoms with van der Waals surface area (Å²) in [5.41, 5.74) is 5.63. The van der Waals surface area contributed by atoms with Crippen LogP contribution in [0.2, 0.25) is 0 Å². The molecule has 1 aliphatic rings. The second-order valence-electron chi connectivity index (χ2n) is 7.62. The van der Waals surface area contributed by atoms with Gasteiger partial charge in [0.05, 0.1) is 12.7 Å². The van der Waals surface area contributed by atoms with Crippen molar-refractivity contribution in [1.29, 1.82) is 0 Å². The molecule has 0 bridgehead atoms. The molecule has 0 aromatic heterocycles. The number of esters is 1. The smallest absolute Gasteiger partial charge is 0.337 e. The van der Waals surface area contributed by atoms with Crippen molar-refractivity contribution in [3.63, 3.8) is 0 Å². The topological polar surface area (TPSA) is 70.9 Å². The number of phenols is 1. The van der Waals surface area contributed by atoms with E-state index < -0.39 is 0 Å². The number of phenolic OH excluding ortho intramolecular Hbond substituents is 1. The molecule has 0 unspecified atom stereocenters. The minimum Gasteiger partial charge on any atom is -0.508 e. The van der Waals surface area contributed by atoms with Crippen LogP contribution in [-0.4, -0.2) is 23.9 Å². The summed E-state index contributed by atoms with van der Waals surface area (Å²) in [6, 6.07) is 23.1. The van der Waals surface area contributed by atoms with Crippen LogP contribution in [0.4, 0.5) is 0 Å². The van der Waals surface area contributed by atoms with Crippen molar-refractivity contribution in [2.24, 2.45) is 4.99 Å². The molecule has 0 aliphatic carbocycles. The Hall–Kier alpha value is -3.44.